The molecule has 0 aliphatic heterocycles. The van der Waals surface area contributed by atoms with Crippen LogP contribution in [0, 0.1) is 13.8 Å². The van der Waals surface area contributed by atoms with Gasteiger partial charge in [0.15, 0.2) is 16.6 Å². The largest absolute Gasteiger partial charge is 0.339 e. The Kier molecular flexibility index (Phi) is 2.97. The minimum atomic E-state index is -0.0231. The zero-order chi connectivity index (χ0) is 14.4. The summed E-state index contributed by atoms with van der Waals surface area (Å²) in [6, 6.07) is -0.0231. The number of aromatic nitrogens is 5. The average molecular weight is 292 g/mol. The van der Waals surface area contributed by atoms with Gasteiger partial charge in [-0.3, -0.25) is 0 Å². The maximum absolute atomic E-state index is 5.23. The molecular weight excluding hydrogens is 276 g/mol. The third kappa shape index (κ3) is 1.96. The van der Waals surface area contributed by atoms with Crippen LogP contribution in [-0.4, -0.2) is 32.0 Å². The van der Waals surface area contributed by atoms with Crippen molar-refractivity contribution in [2.45, 2.75) is 26.8 Å². The van der Waals surface area contributed by atoms with E-state index in [9.17, 15) is 0 Å². The van der Waals surface area contributed by atoms with Crippen molar-refractivity contribution in [1.29, 1.82) is 0 Å². The van der Waals surface area contributed by atoms with Crippen molar-refractivity contribution in [3.05, 3.63) is 17.4 Å². The van der Waals surface area contributed by atoms with Gasteiger partial charge < -0.3 is 9.42 Å². The maximum Gasteiger partial charge on any atom is 0.249 e. The molecule has 20 heavy (non-hydrogen) atoms. The normalized spacial score (nSPS) is 13.1. The number of hydrogen-bond acceptors (Lipinski definition) is 7. The molecule has 0 saturated heterocycles. The van der Waals surface area contributed by atoms with Crippen LogP contribution in [-0.2, 0) is 7.05 Å². The van der Waals surface area contributed by atoms with E-state index in [4.69, 9.17) is 4.52 Å². The van der Waals surface area contributed by atoms with Gasteiger partial charge in [-0.15, -0.1) is 0 Å². The van der Waals surface area contributed by atoms with Crippen LogP contribution in [0.4, 0.5) is 5.13 Å². The molecule has 7 nitrogen and oxygen atoms in total. The van der Waals surface area contributed by atoms with E-state index in [0.29, 0.717) is 11.7 Å². The summed E-state index contributed by atoms with van der Waals surface area (Å²) in [5.41, 5.74) is 1.91. The highest BCUT2D eigenvalue weighted by Gasteiger charge is 2.22. The Morgan fingerprint density at radius 2 is 2.05 bits per heavy atom. The van der Waals surface area contributed by atoms with E-state index in [0.717, 1.165) is 21.2 Å². The lowest BCUT2D eigenvalue weighted by Crippen LogP contribution is -2.21. The summed E-state index contributed by atoms with van der Waals surface area (Å²) in [5, 5.41) is 9.11. The van der Waals surface area contributed by atoms with E-state index in [2.05, 4.69) is 20.2 Å². The van der Waals surface area contributed by atoms with Crippen LogP contribution in [0.15, 0.2) is 4.52 Å². The lowest BCUT2D eigenvalue weighted by molar-refractivity contribution is 0.355. The predicted octanol–water partition coefficient (Wildman–Crippen LogP) is 2.23. The molecule has 1 atom stereocenters. The van der Waals surface area contributed by atoms with E-state index in [1.807, 2.05) is 39.8 Å². The molecule has 0 amide bonds. The highest BCUT2D eigenvalue weighted by atomic mass is 32.1. The van der Waals surface area contributed by atoms with Crippen LogP contribution in [0.25, 0.3) is 10.3 Å². The number of hydrogen-bond donors (Lipinski definition) is 0. The van der Waals surface area contributed by atoms with Crippen molar-refractivity contribution < 1.29 is 4.52 Å². The van der Waals surface area contributed by atoms with Gasteiger partial charge in [0.1, 0.15) is 6.04 Å². The molecule has 3 aromatic heterocycles. The van der Waals surface area contributed by atoms with Crippen LogP contribution in [0.1, 0.15) is 30.4 Å². The summed E-state index contributed by atoms with van der Waals surface area (Å²) in [4.78, 5) is 11.0. The highest BCUT2D eigenvalue weighted by Crippen LogP contribution is 2.33. The molecule has 0 fully saturated rings. The molecule has 0 N–H and O–H groups in total. The molecule has 0 bridgehead atoms. The lowest BCUT2D eigenvalue weighted by atomic mass is 10.3. The Morgan fingerprint density at radius 3 is 2.65 bits per heavy atom. The Bertz CT molecular complexity index is 723. The molecule has 0 radical (unpaired) electrons. The van der Waals surface area contributed by atoms with Gasteiger partial charge in [0, 0.05) is 14.1 Å². The van der Waals surface area contributed by atoms with Crippen molar-refractivity contribution in [1.82, 2.24) is 24.9 Å². The van der Waals surface area contributed by atoms with Gasteiger partial charge in [0.25, 0.3) is 0 Å². The minimum absolute atomic E-state index is 0.0231. The van der Waals surface area contributed by atoms with Gasteiger partial charge in [0.05, 0.1) is 10.4 Å². The minimum Gasteiger partial charge on any atom is -0.339 e. The number of anilines is 1. The van der Waals surface area contributed by atoms with Crippen LogP contribution >= 0.6 is 11.3 Å². The third-order valence-electron chi connectivity index (χ3n) is 3.32. The maximum atomic E-state index is 5.23. The predicted molar refractivity (Wildman–Crippen MR) is 77.0 cm³/mol. The quantitative estimate of drug-likeness (QED) is 0.737. The smallest absolute Gasteiger partial charge is 0.249 e. The molecule has 0 saturated carbocycles. The Balaban J connectivity index is 1.95. The molecule has 0 aliphatic carbocycles. The van der Waals surface area contributed by atoms with Gasteiger partial charge in [0.2, 0.25) is 5.89 Å². The highest BCUT2D eigenvalue weighted by molar-refractivity contribution is 7.22. The molecule has 0 spiro atoms. The Morgan fingerprint density at radius 1 is 1.30 bits per heavy atom. The van der Waals surface area contributed by atoms with Crippen molar-refractivity contribution >= 4 is 26.8 Å². The van der Waals surface area contributed by atoms with E-state index in [-0.39, 0.29) is 6.04 Å². The SMILES string of the molecule is Cc1noc(C(C)N(C)c2nc3c(s2)c(C)nn3C)n1. The second kappa shape index (κ2) is 4.55. The molecule has 3 aromatic rings. The van der Waals surface area contributed by atoms with Crippen molar-refractivity contribution in [2.24, 2.45) is 7.05 Å². The summed E-state index contributed by atoms with van der Waals surface area (Å²) in [6.07, 6.45) is 0. The van der Waals surface area contributed by atoms with Crippen LogP contribution < -0.4 is 4.90 Å². The van der Waals surface area contributed by atoms with E-state index in [1.54, 1.807) is 16.0 Å². The monoisotopic (exact) mass is 292 g/mol. The van der Waals surface area contributed by atoms with Crippen molar-refractivity contribution in [3.63, 3.8) is 0 Å². The first-order chi connectivity index (χ1) is 9.47. The standard InChI is InChI=1S/C12H16N6OS/c1-6-9-10(18(5)15-6)14-12(20-9)17(4)7(2)11-13-8(3)16-19-11/h7H,1-5H3. The number of rotatable bonds is 3. The summed E-state index contributed by atoms with van der Waals surface area (Å²) in [5.74, 6) is 1.24. The zero-order valence-corrected chi connectivity index (χ0v) is 12.9. The zero-order valence-electron chi connectivity index (χ0n) is 12.1. The topological polar surface area (TPSA) is 72.9 Å². The van der Waals surface area contributed by atoms with Gasteiger partial charge in [-0.25, -0.2) is 9.67 Å². The summed E-state index contributed by atoms with van der Waals surface area (Å²) < 4.78 is 8.15. The summed E-state index contributed by atoms with van der Waals surface area (Å²) >= 11 is 1.62. The third-order valence-corrected chi connectivity index (χ3v) is 4.56. The molecule has 1 unspecified atom stereocenters. The van der Waals surface area contributed by atoms with Gasteiger partial charge in [-0.1, -0.05) is 16.5 Å². The van der Waals surface area contributed by atoms with Gasteiger partial charge >= 0.3 is 0 Å². The first-order valence-electron chi connectivity index (χ1n) is 6.30. The number of aryl methyl sites for hydroxylation is 3. The Labute approximate surface area is 120 Å². The van der Waals surface area contributed by atoms with Gasteiger partial charge in [-0.2, -0.15) is 10.1 Å². The number of thiazole rings is 1. The first kappa shape index (κ1) is 13.0. The van der Waals surface area contributed by atoms with E-state index < -0.39 is 0 Å². The molecule has 3 rings (SSSR count). The molecule has 3 heterocycles. The van der Waals surface area contributed by atoms with Crippen LogP contribution in [0.5, 0.6) is 0 Å². The fourth-order valence-electron chi connectivity index (χ4n) is 2.04. The summed E-state index contributed by atoms with van der Waals surface area (Å²) in [6.45, 7) is 5.83. The van der Waals surface area contributed by atoms with Crippen molar-refractivity contribution in [3.8, 4) is 0 Å². The number of nitrogens with zero attached hydrogens (tertiary/aromatic N) is 6. The second-order valence-corrected chi connectivity index (χ2v) is 5.80. The lowest BCUT2D eigenvalue weighted by Gasteiger charge is -2.20. The molecule has 106 valence electrons. The van der Waals surface area contributed by atoms with E-state index in [1.165, 1.54) is 0 Å². The molecule has 0 aromatic carbocycles. The Hall–Kier alpha value is -1.96. The van der Waals surface area contributed by atoms with Crippen LogP contribution in [0.2, 0.25) is 0 Å². The fraction of sp³-hybridized carbons (Fsp3) is 0.500. The van der Waals surface area contributed by atoms with Crippen molar-refractivity contribution in [2.75, 3.05) is 11.9 Å². The van der Waals surface area contributed by atoms with Gasteiger partial charge in [-0.05, 0) is 20.8 Å². The molecule has 0 aliphatic rings. The number of fused-ring (bicyclic) bond motifs is 1. The second-order valence-electron chi connectivity index (χ2n) is 4.82. The van der Waals surface area contributed by atoms with E-state index >= 15 is 0 Å². The van der Waals surface area contributed by atoms with Crippen LogP contribution in [0.3, 0.4) is 0 Å². The molecular formula is C12H16N6OS. The first-order valence-corrected chi connectivity index (χ1v) is 7.12. The fourth-order valence-corrected chi connectivity index (χ4v) is 3.11. The molecule has 8 heteroatoms. The average Bonchev–Trinajstić information content (AvgIpc) is 3.07. The summed E-state index contributed by atoms with van der Waals surface area (Å²) in [7, 11) is 3.88.